The largest absolute Gasteiger partial charge is 0.416 e. The summed E-state index contributed by atoms with van der Waals surface area (Å²) in [5.74, 6) is -0.324. The average molecular weight is 516 g/mol. The molecule has 3 aromatic rings. The Morgan fingerprint density at radius 2 is 1.61 bits per heavy atom. The number of nitrogens with two attached hydrogens (primary N) is 1. The summed E-state index contributed by atoms with van der Waals surface area (Å²) in [5.41, 5.74) is 8.70. The van der Waals surface area contributed by atoms with Gasteiger partial charge in [-0.25, -0.2) is 4.39 Å². The van der Waals surface area contributed by atoms with Crippen LogP contribution < -0.4 is 10.6 Å². The maximum Gasteiger partial charge on any atom is 0.416 e. The van der Waals surface area contributed by atoms with Gasteiger partial charge in [0, 0.05) is 40.6 Å². The molecule has 2 heterocycles. The SMILES string of the molecule is NC1=CCN(C(c2ccc(Cl)cc2)c2ccc(CN3CCCC3)c(F)c2)c2cc(C(F)(F)F)ccc21. The van der Waals surface area contributed by atoms with Crippen LogP contribution in [-0.2, 0) is 12.7 Å². The Morgan fingerprint density at radius 1 is 0.917 bits per heavy atom. The van der Waals surface area contributed by atoms with Crippen molar-refractivity contribution in [3.05, 3.63) is 105 Å². The Hall–Kier alpha value is -3.03. The van der Waals surface area contributed by atoms with Crippen molar-refractivity contribution in [3.63, 3.8) is 0 Å². The molecule has 2 N–H and O–H groups in total. The van der Waals surface area contributed by atoms with Gasteiger partial charge in [-0.2, -0.15) is 13.2 Å². The number of benzene rings is 3. The van der Waals surface area contributed by atoms with Gasteiger partial charge in [-0.3, -0.25) is 4.90 Å². The summed E-state index contributed by atoms with van der Waals surface area (Å²) in [6.45, 7) is 2.71. The highest BCUT2D eigenvalue weighted by Gasteiger charge is 2.34. The van der Waals surface area contributed by atoms with Crippen molar-refractivity contribution in [1.29, 1.82) is 0 Å². The van der Waals surface area contributed by atoms with Crippen LogP contribution in [0.3, 0.4) is 0 Å². The molecule has 1 unspecified atom stereocenters. The molecule has 0 amide bonds. The van der Waals surface area contributed by atoms with Crippen molar-refractivity contribution in [3.8, 4) is 0 Å². The van der Waals surface area contributed by atoms with Crippen LogP contribution in [0.2, 0.25) is 5.02 Å². The molecule has 0 aromatic heterocycles. The van der Waals surface area contributed by atoms with Crippen LogP contribution in [0.1, 0.15) is 46.7 Å². The Kier molecular flexibility index (Phi) is 6.70. The molecule has 188 valence electrons. The third-order valence-corrected chi connectivity index (χ3v) is 7.19. The third-order valence-electron chi connectivity index (χ3n) is 6.94. The van der Waals surface area contributed by atoms with Gasteiger partial charge >= 0.3 is 6.18 Å². The Balaban J connectivity index is 1.60. The highest BCUT2D eigenvalue weighted by Crippen LogP contribution is 2.42. The predicted octanol–water partition coefficient (Wildman–Crippen LogP) is 7.00. The number of nitrogens with zero attached hydrogens (tertiary/aromatic N) is 2. The lowest BCUT2D eigenvalue weighted by Gasteiger charge is -2.38. The van der Waals surface area contributed by atoms with E-state index in [9.17, 15) is 13.2 Å². The van der Waals surface area contributed by atoms with Gasteiger partial charge in [0.05, 0.1) is 11.6 Å². The highest BCUT2D eigenvalue weighted by molar-refractivity contribution is 6.30. The summed E-state index contributed by atoms with van der Waals surface area (Å²) in [5, 5.41) is 0.534. The zero-order chi connectivity index (χ0) is 25.4. The third kappa shape index (κ3) is 4.95. The minimum atomic E-state index is -4.50. The van der Waals surface area contributed by atoms with Crippen LogP contribution in [0.25, 0.3) is 5.70 Å². The number of halogens is 5. The smallest absolute Gasteiger partial charge is 0.398 e. The second kappa shape index (κ2) is 9.79. The molecule has 0 aliphatic carbocycles. The molecule has 3 aromatic carbocycles. The highest BCUT2D eigenvalue weighted by atomic mass is 35.5. The van der Waals surface area contributed by atoms with Crippen LogP contribution in [0, 0.1) is 5.82 Å². The molecule has 0 spiro atoms. The number of likely N-dealkylation sites (tertiary alicyclic amines) is 1. The maximum absolute atomic E-state index is 15.3. The molecule has 1 saturated heterocycles. The molecule has 0 radical (unpaired) electrons. The zero-order valence-electron chi connectivity index (χ0n) is 19.5. The van der Waals surface area contributed by atoms with E-state index in [-0.39, 0.29) is 12.4 Å². The summed E-state index contributed by atoms with van der Waals surface area (Å²) in [6.07, 6.45) is -0.501. The Labute approximate surface area is 212 Å². The number of alkyl halides is 3. The first kappa shape index (κ1) is 24.7. The lowest BCUT2D eigenvalue weighted by Crippen LogP contribution is -2.34. The van der Waals surface area contributed by atoms with Gasteiger partial charge in [-0.05, 0) is 73.5 Å². The van der Waals surface area contributed by atoms with E-state index in [1.165, 1.54) is 12.1 Å². The second-order valence-electron chi connectivity index (χ2n) is 9.33. The van der Waals surface area contributed by atoms with E-state index in [1.807, 2.05) is 23.1 Å². The summed E-state index contributed by atoms with van der Waals surface area (Å²) < 4.78 is 56.2. The summed E-state index contributed by atoms with van der Waals surface area (Å²) in [7, 11) is 0. The van der Waals surface area contributed by atoms with Crippen molar-refractivity contribution in [2.24, 2.45) is 5.73 Å². The van der Waals surface area contributed by atoms with Crippen LogP contribution in [0.4, 0.5) is 23.2 Å². The fourth-order valence-corrected chi connectivity index (χ4v) is 5.21. The first-order chi connectivity index (χ1) is 17.2. The van der Waals surface area contributed by atoms with Crippen LogP contribution in [0.5, 0.6) is 0 Å². The molecule has 36 heavy (non-hydrogen) atoms. The van der Waals surface area contributed by atoms with E-state index < -0.39 is 17.8 Å². The monoisotopic (exact) mass is 515 g/mol. The van der Waals surface area contributed by atoms with E-state index in [4.69, 9.17) is 17.3 Å². The minimum Gasteiger partial charge on any atom is -0.398 e. The molecule has 8 heteroatoms. The number of fused-ring (bicyclic) bond motifs is 1. The fraction of sp³-hybridized carbons (Fsp3) is 0.286. The molecule has 1 atom stereocenters. The second-order valence-corrected chi connectivity index (χ2v) is 9.77. The van der Waals surface area contributed by atoms with Crippen molar-refractivity contribution >= 4 is 23.0 Å². The van der Waals surface area contributed by atoms with E-state index >= 15 is 4.39 Å². The van der Waals surface area contributed by atoms with Crippen LogP contribution >= 0.6 is 11.6 Å². The number of hydrogen-bond donors (Lipinski definition) is 1. The predicted molar refractivity (Wildman–Crippen MR) is 135 cm³/mol. The zero-order valence-corrected chi connectivity index (χ0v) is 20.3. The number of hydrogen-bond acceptors (Lipinski definition) is 3. The lowest BCUT2D eigenvalue weighted by molar-refractivity contribution is -0.137. The average Bonchev–Trinajstić information content (AvgIpc) is 3.36. The standard InChI is InChI=1S/C28H26ClF4N3/c29-22-8-5-18(6-9-22)27(19-3-4-20(24(30)15-19)17-35-12-1-2-13-35)36-14-11-25(34)23-10-7-21(16-26(23)36)28(31,32)33/h3-11,15-16,27H,1-2,12-14,17,34H2. The quantitative estimate of drug-likeness (QED) is 0.371. The lowest BCUT2D eigenvalue weighted by atomic mass is 9.92. The van der Waals surface area contributed by atoms with E-state index in [0.29, 0.717) is 39.6 Å². The molecule has 2 aliphatic heterocycles. The molecule has 5 rings (SSSR count). The molecule has 0 saturated carbocycles. The van der Waals surface area contributed by atoms with Crippen LogP contribution in [0.15, 0.2) is 66.7 Å². The first-order valence-electron chi connectivity index (χ1n) is 11.9. The number of anilines is 1. The molecular formula is C28H26ClF4N3. The van der Waals surface area contributed by atoms with Crippen LogP contribution in [-0.4, -0.2) is 24.5 Å². The van der Waals surface area contributed by atoms with Crippen molar-refractivity contribution < 1.29 is 17.6 Å². The van der Waals surface area contributed by atoms with Gasteiger partial charge in [0.2, 0.25) is 0 Å². The van der Waals surface area contributed by atoms with E-state index in [0.717, 1.165) is 43.6 Å². The van der Waals surface area contributed by atoms with Gasteiger partial charge in [-0.1, -0.05) is 41.9 Å². The topological polar surface area (TPSA) is 32.5 Å². The minimum absolute atomic E-state index is 0.268. The van der Waals surface area contributed by atoms with E-state index in [2.05, 4.69) is 4.90 Å². The van der Waals surface area contributed by atoms with Gasteiger partial charge in [-0.15, -0.1) is 0 Å². The Morgan fingerprint density at radius 3 is 2.28 bits per heavy atom. The van der Waals surface area contributed by atoms with Gasteiger partial charge in [0.25, 0.3) is 0 Å². The number of rotatable bonds is 5. The van der Waals surface area contributed by atoms with Crippen molar-refractivity contribution in [2.75, 3.05) is 24.5 Å². The van der Waals surface area contributed by atoms with Gasteiger partial charge < -0.3 is 10.6 Å². The van der Waals surface area contributed by atoms with Gasteiger partial charge in [0.1, 0.15) is 5.82 Å². The summed E-state index contributed by atoms with van der Waals surface area (Å²) in [4.78, 5) is 4.06. The van der Waals surface area contributed by atoms with E-state index in [1.54, 1.807) is 24.3 Å². The molecule has 2 aliphatic rings. The van der Waals surface area contributed by atoms with Crippen molar-refractivity contribution in [2.45, 2.75) is 31.6 Å². The molecule has 3 nitrogen and oxygen atoms in total. The van der Waals surface area contributed by atoms with Crippen molar-refractivity contribution in [1.82, 2.24) is 4.90 Å². The fourth-order valence-electron chi connectivity index (χ4n) is 5.08. The Bertz CT molecular complexity index is 1280. The normalized spacial score (nSPS) is 17.1. The summed E-state index contributed by atoms with van der Waals surface area (Å²) >= 11 is 6.12. The van der Waals surface area contributed by atoms with Gasteiger partial charge in [0.15, 0.2) is 0 Å². The summed E-state index contributed by atoms with van der Waals surface area (Å²) in [6, 6.07) is 15.2. The first-order valence-corrected chi connectivity index (χ1v) is 12.3. The molecule has 1 fully saturated rings. The molecular weight excluding hydrogens is 490 g/mol. The molecule has 0 bridgehead atoms. The maximum atomic E-state index is 15.3.